The van der Waals surface area contributed by atoms with Gasteiger partial charge in [0.15, 0.2) is 0 Å². The molecule has 1 aromatic carbocycles. The third kappa shape index (κ3) is 4.37. The van der Waals surface area contributed by atoms with Crippen molar-refractivity contribution in [2.45, 2.75) is 18.9 Å². The molecule has 0 aromatic heterocycles. The zero-order valence-corrected chi connectivity index (χ0v) is 14.9. The topological polar surface area (TPSA) is 44.8 Å². The van der Waals surface area contributed by atoms with Crippen LogP contribution in [0.5, 0.6) is 0 Å². The number of morpholine rings is 1. The van der Waals surface area contributed by atoms with Crippen LogP contribution < -0.4 is 5.32 Å². The van der Waals surface area contributed by atoms with E-state index in [9.17, 15) is 9.18 Å². The number of hydrogen-bond acceptors (Lipinski definition) is 4. The largest absolute Gasteiger partial charge is 0.379 e. The van der Waals surface area contributed by atoms with E-state index >= 15 is 0 Å². The molecule has 3 rings (SSSR count). The van der Waals surface area contributed by atoms with E-state index in [1.165, 1.54) is 6.07 Å². The quantitative estimate of drug-likeness (QED) is 0.878. The predicted molar refractivity (Wildman–Crippen MR) is 94.8 cm³/mol. The van der Waals surface area contributed by atoms with Crippen molar-refractivity contribution in [3.63, 3.8) is 0 Å². The molecule has 2 aliphatic heterocycles. The Kier molecular flexibility index (Phi) is 6.39. The molecule has 0 spiro atoms. The van der Waals surface area contributed by atoms with Crippen LogP contribution >= 0.6 is 0 Å². The maximum absolute atomic E-state index is 14.5. The fraction of sp³-hybridized carbons (Fsp3) is 0.632. The zero-order valence-electron chi connectivity index (χ0n) is 14.9. The number of carbonyl (C=O) groups is 1. The lowest BCUT2D eigenvalue weighted by Gasteiger charge is -2.39. The number of rotatable bonds is 5. The van der Waals surface area contributed by atoms with Gasteiger partial charge in [-0.25, -0.2) is 4.39 Å². The van der Waals surface area contributed by atoms with E-state index < -0.39 is 6.04 Å². The fourth-order valence-electron chi connectivity index (χ4n) is 3.91. The summed E-state index contributed by atoms with van der Waals surface area (Å²) in [7, 11) is 1.94. The summed E-state index contributed by atoms with van der Waals surface area (Å²) >= 11 is 0. The number of amides is 1. The Hall–Kier alpha value is -1.50. The van der Waals surface area contributed by atoms with Gasteiger partial charge in [0.05, 0.1) is 13.2 Å². The number of likely N-dealkylation sites (tertiary alicyclic amines) is 1. The number of ether oxygens (including phenoxy) is 1. The van der Waals surface area contributed by atoms with Crippen LogP contribution in [-0.2, 0) is 9.53 Å². The second kappa shape index (κ2) is 8.74. The highest BCUT2D eigenvalue weighted by Gasteiger charge is 2.35. The first-order valence-corrected chi connectivity index (χ1v) is 9.20. The molecular weight excluding hydrogens is 321 g/mol. The van der Waals surface area contributed by atoms with E-state index in [0.717, 1.165) is 32.5 Å². The van der Waals surface area contributed by atoms with Gasteiger partial charge in [0.25, 0.3) is 0 Å². The summed E-state index contributed by atoms with van der Waals surface area (Å²) < 4.78 is 19.9. The Morgan fingerprint density at radius 1 is 1.32 bits per heavy atom. The Morgan fingerprint density at radius 2 is 2.08 bits per heavy atom. The van der Waals surface area contributed by atoms with Crippen molar-refractivity contribution in [2.24, 2.45) is 5.92 Å². The number of piperidine rings is 1. The molecule has 2 fully saturated rings. The zero-order chi connectivity index (χ0) is 17.6. The van der Waals surface area contributed by atoms with Crippen molar-refractivity contribution < 1.29 is 13.9 Å². The number of benzene rings is 1. The molecule has 6 heteroatoms. The van der Waals surface area contributed by atoms with Crippen LogP contribution in [0.2, 0.25) is 0 Å². The summed E-state index contributed by atoms with van der Waals surface area (Å²) in [6.45, 7) is 4.88. The van der Waals surface area contributed by atoms with Gasteiger partial charge < -0.3 is 15.0 Å². The molecule has 2 saturated heterocycles. The Balaban J connectivity index is 1.83. The van der Waals surface area contributed by atoms with E-state index in [-0.39, 0.29) is 11.7 Å². The van der Waals surface area contributed by atoms with Crippen LogP contribution in [-0.4, -0.2) is 68.7 Å². The molecule has 25 heavy (non-hydrogen) atoms. The lowest BCUT2D eigenvalue weighted by Crippen LogP contribution is -2.50. The van der Waals surface area contributed by atoms with Gasteiger partial charge in [-0.15, -0.1) is 0 Å². The summed E-state index contributed by atoms with van der Waals surface area (Å²) in [6.07, 6.45) is 2.14. The smallest absolute Gasteiger partial charge is 0.244 e. The van der Waals surface area contributed by atoms with Gasteiger partial charge >= 0.3 is 0 Å². The molecule has 138 valence electrons. The fourth-order valence-corrected chi connectivity index (χ4v) is 3.91. The molecule has 2 heterocycles. The van der Waals surface area contributed by atoms with Crippen LogP contribution in [0.1, 0.15) is 24.4 Å². The first kappa shape index (κ1) is 18.3. The summed E-state index contributed by atoms with van der Waals surface area (Å²) in [6, 6.07) is 6.10. The molecule has 0 radical (unpaired) electrons. The molecule has 0 bridgehead atoms. The van der Waals surface area contributed by atoms with Gasteiger partial charge in [-0.1, -0.05) is 18.2 Å². The van der Waals surface area contributed by atoms with E-state index in [0.29, 0.717) is 37.8 Å². The van der Waals surface area contributed by atoms with Crippen molar-refractivity contribution in [3.8, 4) is 0 Å². The summed E-state index contributed by atoms with van der Waals surface area (Å²) in [5, 5.41) is 3.21. The van der Waals surface area contributed by atoms with Crippen molar-refractivity contribution in [1.82, 2.24) is 15.1 Å². The number of hydrogen-bond donors (Lipinski definition) is 1. The van der Waals surface area contributed by atoms with Crippen molar-refractivity contribution in [1.29, 1.82) is 0 Å². The van der Waals surface area contributed by atoms with Crippen LogP contribution in [0.25, 0.3) is 0 Å². The Morgan fingerprint density at radius 3 is 2.80 bits per heavy atom. The van der Waals surface area contributed by atoms with Crippen LogP contribution in [0.4, 0.5) is 4.39 Å². The minimum Gasteiger partial charge on any atom is -0.379 e. The maximum Gasteiger partial charge on any atom is 0.244 e. The van der Waals surface area contributed by atoms with E-state index in [1.54, 1.807) is 18.2 Å². The molecule has 0 unspecified atom stereocenters. The lowest BCUT2D eigenvalue weighted by molar-refractivity contribution is -0.141. The van der Waals surface area contributed by atoms with Crippen molar-refractivity contribution in [3.05, 3.63) is 35.6 Å². The van der Waals surface area contributed by atoms with E-state index in [1.807, 2.05) is 11.9 Å². The molecule has 0 aliphatic carbocycles. The molecule has 2 aliphatic rings. The summed E-state index contributed by atoms with van der Waals surface area (Å²) in [5.41, 5.74) is 0.477. The molecule has 5 nitrogen and oxygen atoms in total. The second-order valence-electron chi connectivity index (χ2n) is 6.92. The highest BCUT2D eigenvalue weighted by atomic mass is 19.1. The molecule has 2 atom stereocenters. The molecule has 1 N–H and O–H groups in total. The van der Waals surface area contributed by atoms with Gasteiger partial charge in [0, 0.05) is 31.7 Å². The van der Waals surface area contributed by atoms with Gasteiger partial charge in [-0.2, -0.15) is 0 Å². The molecule has 0 saturated carbocycles. The average molecular weight is 349 g/mol. The number of halogens is 1. The third-order valence-corrected chi connectivity index (χ3v) is 5.17. The highest BCUT2D eigenvalue weighted by molar-refractivity contribution is 5.83. The number of nitrogens with one attached hydrogen (secondary N) is 1. The van der Waals surface area contributed by atoms with E-state index in [2.05, 4.69) is 10.2 Å². The lowest BCUT2D eigenvalue weighted by atomic mass is 9.95. The first-order valence-electron chi connectivity index (χ1n) is 9.20. The average Bonchev–Trinajstić information content (AvgIpc) is 2.65. The molecule has 1 aromatic rings. The minimum atomic E-state index is -0.557. The van der Waals surface area contributed by atoms with Gasteiger partial charge in [0.1, 0.15) is 11.9 Å². The second-order valence-corrected chi connectivity index (χ2v) is 6.92. The summed E-state index contributed by atoms with van der Waals surface area (Å²) in [5.74, 6) is 0.178. The standard InChI is InChI=1S/C19H28FN3O2/c1-21-13-15-5-4-8-23(14-15)19(24)18(22-9-11-25-12-10-22)16-6-2-3-7-17(16)20/h2-3,6-7,15,18,21H,4-5,8-14H2,1H3/t15-,18-/m1/s1. The van der Waals surface area contributed by atoms with Gasteiger partial charge in [0.2, 0.25) is 5.91 Å². The third-order valence-electron chi connectivity index (χ3n) is 5.17. The van der Waals surface area contributed by atoms with Crippen molar-refractivity contribution >= 4 is 5.91 Å². The predicted octanol–water partition coefficient (Wildman–Crippen LogP) is 1.66. The van der Waals surface area contributed by atoms with Crippen molar-refractivity contribution in [2.75, 3.05) is 53.0 Å². The Labute approximate surface area is 149 Å². The molecular formula is C19H28FN3O2. The van der Waals surface area contributed by atoms with Gasteiger partial charge in [-0.05, 0) is 38.4 Å². The minimum absolute atomic E-state index is 0.0211. The van der Waals surface area contributed by atoms with Crippen LogP contribution in [0, 0.1) is 11.7 Å². The Bertz CT molecular complexity index is 576. The molecule has 1 amide bonds. The SMILES string of the molecule is CNC[C@H]1CCCN(C(=O)[C@@H](c2ccccc2F)N2CCOCC2)C1. The number of nitrogens with zero attached hydrogens (tertiary/aromatic N) is 2. The van der Waals surface area contributed by atoms with Gasteiger partial charge in [-0.3, -0.25) is 9.69 Å². The monoisotopic (exact) mass is 349 g/mol. The van der Waals surface area contributed by atoms with E-state index in [4.69, 9.17) is 4.74 Å². The van der Waals surface area contributed by atoms with Crippen LogP contribution in [0.3, 0.4) is 0 Å². The number of carbonyl (C=O) groups excluding carboxylic acids is 1. The normalized spacial score (nSPS) is 23.4. The maximum atomic E-state index is 14.5. The highest BCUT2D eigenvalue weighted by Crippen LogP contribution is 2.28. The van der Waals surface area contributed by atoms with Crippen LogP contribution in [0.15, 0.2) is 24.3 Å². The first-order chi connectivity index (χ1) is 12.2. The summed E-state index contributed by atoms with van der Waals surface area (Å²) in [4.78, 5) is 17.3.